The van der Waals surface area contributed by atoms with Crippen LogP contribution >= 0.6 is 0 Å². The lowest BCUT2D eigenvalue weighted by Crippen LogP contribution is -2.72. The van der Waals surface area contributed by atoms with Crippen molar-refractivity contribution in [1.82, 2.24) is 0 Å². The molecule has 4 rings (SSSR count). The summed E-state index contributed by atoms with van der Waals surface area (Å²) in [4.78, 5) is 12.4. The summed E-state index contributed by atoms with van der Waals surface area (Å²) >= 11 is 0. The predicted octanol–water partition coefficient (Wildman–Crippen LogP) is 4.08. The van der Waals surface area contributed by atoms with Crippen molar-refractivity contribution >= 4 is 16.1 Å². The summed E-state index contributed by atoms with van der Waals surface area (Å²) in [5.41, 5.74) is -3.12. The number of rotatable bonds is 12. The highest BCUT2D eigenvalue weighted by atomic mass is 32.2. The number of carbonyl (C=O) groups excluding carboxylic acids is 1. The van der Waals surface area contributed by atoms with Crippen LogP contribution in [0, 0.1) is 22.7 Å². The van der Waals surface area contributed by atoms with E-state index in [2.05, 4.69) is 4.74 Å². The fourth-order valence-electron chi connectivity index (χ4n) is 8.20. The molecule has 6 unspecified atom stereocenters. The van der Waals surface area contributed by atoms with Crippen molar-refractivity contribution in [2.45, 2.75) is 121 Å². The standard InChI is InChI=1S/C25H42F2O8S/c1-6-23(29,7-2)21-11-17-10-18(13-21)20(22(12-17,15-21)24(30,8-3)9-4)34-14-19(28)35-16(5)25(26,27)36(31,32)33/h16-18,20,29-30H,6-15H2,1-5H3,(H,31,32,33). The van der Waals surface area contributed by atoms with E-state index in [0.717, 1.165) is 12.8 Å². The molecule has 0 radical (unpaired) electrons. The summed E-state index contributed by atoms with van der Waals surface area (Å²) in [5.74, 6) is -0.920. The Kier molecular flexibility index (Phi) is 7.99. The molecule has 8 nitrogen and oxygen atoms in total. The SMILES string of the molecule is CCC(O)(CC)C12CC3CC(C1)C(OCC(=O)OC(C)C(F)(F)S(=O)(=O)O)C(C(O)(CC)CC)(C3)C2. The van der Waals surface area contributed by atoms with E-state index < -0.39 is 56.8 Å². The zero-order valence-electron chi connectivity index (χ0n) is 21.9. The highest BCUT2D eigenvalue weighted by Crippen LogP contribution is 2.72. The van der Waals surface area contributed by atoms with E-state index in [1.54, 1.807) is 0 Å². The Balaban J connectivity index is 1.89. The minimum Gasteiger partial charge on any atom is -0.453 e. The highest BCUT2D eigenvalue weighted by molar-refractivity contribution is 7.86. The molecule has 0 spiro atoms. The summed E-state index contributed by atoms with van der Waals surface area (Å²) < 4.78 is 69.0. The van der Waals surface area contributed by atoms with Gasteiger partial charge in [-0.2, -0.15) is 17.2 Å². The normalized spacial score (nSPS) is 33.6. The first-order chi connectivity index (χ1) is 16.5. The maximum absolute atomic E-state index is 13.8. The first-order valence-electron chi connectivity index (χ1n) is 13.1. The van der Waals surface area contributed by atoms with Crippen LogP contribution < -0.4 is 0 Å². The molecule has 0 aromatic rings. The van der Waals surface area contributed by atoms with Gasteiger partial charge in [-0.05, 0) is 76.5 Å². The van der Waals surface area contributed by atoms with Gasteiger partial charge >= 0.3 is 21.3 Å². The van der Waals surface area contributed by atoms with Gasteiger partial charge in [-0.3, -0.25) is 4.55 Å². The van der Waals surface area contributed by atoms with Crippen LogP contribution in [0.3, 0.4) is 0 Å². The van der Waals surface area contributed by atoms with Crippen LogP contribution in [0.15, 0.2) is 0 Å². The Morgan fingerprint density at radius 3 is 2.08 bits per heavy atom. The molecule has 0 aliphatic heterocycles. The van der Waals surface area contributed by atoms with Gasteiger partial charge in [0.25, 0.3) is 0 Å². The van der Waals surface area contributed by atoms with Crippen molar-refractivity contribution in [1.29, 1.82) is 0 Å². The van der Waals surface area contributed by atoms with Gasteiger partial charge in [0.1, 0.15) is 6.61 Å². The molecule has 0 heterocycles. The van der Waals surface area contributed by atoms with E-state index in [0.29, 0.717) is 57.8 Å². The minimum absolute atomic E-state index is 0.0371. The largest absolute Gasteiger partial charge is 0.453 e. The Bertz CT molecular complexity index is 932. The lowest BCUT2D eigenvalue weighted by atomic mass is 9.36. The smallest absolute Gasteiger partial charge is 0.405 e. The Morgan fingerprint density at radius 2 is 1.58 bits per heavy atom. The Morgan fingerprint density at radius 1 is 1.03 bits per heavy atom. The van der Waals surface area contributed by atoms with Crippen LogP contribution in [0.25, 0.3) is 0 Å². The molecule has 4 saturated carbocycles. The third-order valence-electron chi connectivity index (χ3n) is 10.0. The van der Waals surface area contributed by atoms with Gasteiger partial charge in [0.15, 0.2) is 6.10 Å². The molecule has 0 saturated heterocycles. The molecule has 4 aliphatic rings. The second-order valence-corrected chi connectivity index (χ2v) is 13.0. The number of carbonyl (C=O) groups is 1. The second-order valence-electron chi connectivity index (χ2n) is 11.5. The van der Waals surface area contributed by atoms with E-state index in [4.69, 9.17) is 9.29 Å². The number of aliphatic hydroxyl groups is 2. The number of hydrogen-bond donors (Lipinski definition) is 3. The zero-order chi connectivity index (χ0) is 27.4. The van der Waals surface area contributed by atoms with Crippen molar-refractivity contribution < 1.29 is 46.2 Å². The van der Waals surface area contributed by atoms with E-state index in [9.17, 15) is 32.2 Å². The molecule has 0 aromatic carbocycles. The Labute approximate surface area is 212 Å². The number of esters is 1. The van der Waals surface area contributed by atoms with Crippen LogP contribution in [0.4, 0.5) is 8.78 Å². The van der Waals surface area contributed by atoms with E-state index >= 15 is 0 Å². The quantitative estimate of drug-likeness (QED) is 0.249. The summed E-state index contributed by atoms with van der Waals surface area (Å²) in [7, 11) is -5.77. The van der Waals surface area contributed by atoms with Crippen LogP contribution in [-0.2, 0) is 24.4 Å². The lowest BCUT2D eigenvalue weighted by Gasteiger charge is -2.71. The molecule has 11 heteroatoms. The average Bonchev–Trinajstić information content (AvgIpc) is 2.80. The molecule has 6 atom stereocenters. The fourth-order valence-corrected chi connectivity index (χ4v) is 8.67. The van der Waals surface area contributed by atoms with Crippen molar-refractivity contribution in [3.8, 4) is 0 Å². The highest BCUT2D eigenvalue weighted by Gasteiger charge is 2.71. The van der Waals surface area contributed by atoms with E-state index in [1.165, 1.54) is 0 Å². The van der Waals surface area contributed by atoms with Crippen molar-refractivity contribution in [2.24, 2.45) is 22.7 Å². The van der Waals surface area contributed by atoms with Gasteiger partial charge in [-0.1, -0.05) is 27.7 Å². The van der Waals surface area contributed by atoms with Crippen LogP contribution in [-0.4, -0.2) is 64.4 Å². The molecule has 4 aliphatic carbocycles. The molecule has 210 valence electrons. The lowest BCUT2D eigenvalue weighted by molar-refractivity contribution is -0.304. The number of alkyl halides is 2. The topological polar surface area (TPSA) is 130 Å². The van der Waals surface area contributed by atoms with Crippen molar-refractivity contribution in [2.75, 3.05) is 6.61 Å². The Hall–Kier alpha value is -0.880. The summed E-state index contributed by atoms with van der Waals surface area (Å²) in [6, 6.07) is 0. The van der Waals surface area contributed by atoms with Crippen LogP contribution in [0.1, 0.15) is 92.4 Å². The van der Waals surface area contributed by atoms with Gasteiger partial charge < -0.3 is 19.7 Å². The van der Waals surface area contributed by atoms with E-state index in [-0.39, 0.29) is 11.3 Å². The molecule has 0 amide bonds. The van der Waals surface area contributed by atoms with Crippen LogP contribution in [0.5, 0.6) is 0 Å². The second kappa shape index (κ2) is 9.70. The molecule has 4 fully saturated rings. The van der Waals surface area contributed by atoms with Crippen molar-refractivity contribution in [3.05, 3.63) is 0 Å². The molecular weight excluding hydrogens is 498 g/mol. The van der Waals surface area contributed by atoms with Crippen molar-refractivity contribution in [3.63, 3.8) is 0 Å². The first kappa shape index (κ1) is 29.7. The van der Waals surface area contributed by atoms with Gasteiger partial charge in [-0.15, -0.1) is 0 Å². The summed E-state index contributed by atoms with van der Waals surface area (Å²) in [6.07, 6.45) is 2.75. The molecule has 36 heavy (non-hydrogen) atoms. The number of ether oxygens (including phenoxy) is 2. The number of hydrogen-bond acceptors (Lipinski definition) is 7. The van der Waals surface area contributed by atoms with Crippen LogP contribution in [0.2, 0.25) is 0 Å². The fraction of sp³-hybridized carbons (Fsp3) is 0.960. The van der Waals surface area contributed by atoms with E-state index in [1.807, 2.05) is 27.7 Å². The average molecular weight is 541 g/mol. The third kappa shape index (κ3) is 4.40. The van der Waals surface area contributed by atoms with Gasteiger partial charge in [0.2, 0.25) is 0 Å². The maximum Gasteiger partial charge on any atom is 0.405 e. The predicted molar refractivity (Wildman–Crippen MR) is 128 cm³/mol. The molecule has 0 aromatic heterocycles. The maximum atomic E-state index is 13.8. The summed E-state index contributed by atoms with van der Waals surface area (Å²) in [5, 5.41) is 19.0. The monoisotopic (exact) mass is 540 g/mol. The molecule has 4 bridgehead atoms. The van der Waals surface area contributed by atoms with Gasteiger partial charge in [-0.25, -0.2) is 4.79 Å². The zero-order valence-corrected chi connectivity index (χ0v) is 22.7. The minimum atomic E-state index is -5.77. The molecular formula is C25H42F2O8S. The first-order valence-corrected chi connectivity index (χ1v) is 14.5. The van der Waals surface area contributed by atoms with Gasteiger partial charge in [0.05, 0.1) is 17.3 Å². The molecule has 3 N–H and O–H groups in total. The number of halogens is 2. The third-order valence-corrected chi connectivity index (χ3v) is 11.0. The van der Waals surface area contributed by atoms with Gasteiger partial charge in [0, 0.05) is 10.8 Å². The summed E-state index contributed by atoms with van der Waals surface area (Å²) in [6.45, 7) is 7.77.